The van der Waals surface area contributed by atoms with E-state index in [1.807, 2.05) is 30.3 Å². The number of urea groups is 1. The second kappa shape index (κ2) is 18.4. The van der Waals surface area contributed by atoms with Gasteiger partial charge in [0.1, 0.15) is 18.1 Å². The zero-order chi connectivity index (χ0) is 34.3. The van der Waals surface area contributed by atoms with Crippen molar-refractivity contribution in [3.8, 4) is 0 Å². The van der Waals surface area contributed by atoms with Crippen LogP contribution >= 0.6 is 0 Å². The van der Waals surface area contributed by atoms with Crippen molar-refractivity contribution in [3.63, 3.8) is 0 Å². The van der Waals surface area contributed by atoms with Crippen molar-refractivity contribution in [2.45, 2.75) is 82.3 Å². The summed E-state index contributed by atoms with van der Waals surface area (Å²) >= 11 is 0. The lowest BCUT2D eigenvalue weighted by Crippen LogP contribution is -2.51. The van der Waals surface area contributed by atoms with Crippen molar-refractivity contribution in [1.82, 2.24) is 26.3 Å². The highest BCUT2D eigenvalue weighted by molar-refractivity contribution is 5.89. The van der Waals surface area contributed by atoms with Crippen molar-refractivity contribution in [2.75, 3.05) is 13.1 Å². The van der Waals surface area contributed by atoms with Gasteiger partial charge < -0.3 is 42.3 Å². The fraction of sp³-hybridized carbons (Fsp3) is 0.531. The van der Waals surface area contributed by atoms with Gasteiger partial charge in [-0.1, -0.05) is 18.2 Å². The van der Waals surface area contributed by atoms with E-state index < -0.39 is 54.4 Å². The topological polar surface area (TPSA) is 250 Å². The predicted molar refractivity (Wildman–Crippen MR) is 170 cm³/mol. The molecular formula is C32H44N6O9. The summed E-state index contributed by atoms with van der Waals surface area (Å²) in [6.45, 7) is 0.766. The van der Waals surface area contributed by atoms with Crippen LogP contribution in [-0.2, 0) is 30.4 Å². The molecule has 1 heterocycles. The number of carbonyl (C=O) groups excluding carboxylic acids is 3. The first-order valence-corrected chi connectivity index (χ1v) is 15.8. The van der Waals surface area contributed by atoms with Crippen LogP contribution in [0.15, 0.2) is 36.5 Å². The Hall–Kier alpha value is -4.79. The largest absolute Gasteiger partial charge is 0.481 e. The maximum absolute atomic E-state index is 13.3. The molecule has 0 saturated heterocycles. The Morgan fingerprint density at radius 1 is 0.851 bits per heavy atom. The number of rotatable bonds is 18. The molecule has 3 rings (SSSR count). The SMILES string of the molecule is NCC1CCC(C(=O)N[C@@H](Cc2cnc3ccccc3c2)C(=O)NCCCC[C@H](NC(=O)N[C@@H](CCC(=O)O)C(=O)O)C(=O)O)CC1. The number of para-hydroxylation sites is 1. The molecule has 0 bridgehead atoms. The quantitative estimate of drug-likeness (QED) is 0.106. The van der Waals surface area contributed by atoms with E-state index in [2.05, 4.69) is 26.3 Å². The van der Waals surface area contributed by atoms with E-state index >= 15 is 0 Å². The highest BCUT2D eigenvalue weighted by Gasteiger charge is 2.30. The van der Waals surface area contributed by atoms with Crippen molar-refractivity contribution in [3.05, 3.63) is 42.1 Å². The molecule has 1 aromatic heterocycles. The van der Waals surface area contributed by atoms with E-state index in [4.69, 9.17) is 10.8 Å². The summed E-state index contributed by atoms with van der Waals surface area (Å²) in [6.07, 6.45) is 4.79. The molecule has 3 atom stereocenters. The zero-order valence-corrected chi connectivity index (χ0v) is 26.2. The van der Waals surface area contributed by atoms with Crippen LogP contribution in [0.2, 0.25) is 0 Å². The summed E-state index contributed by atoms with van der Waals surface area (Å²) in [5, 5.41) is 38.4. The van der Waals surface area contributed by atoms with Crippen molar-refractivity contribution in [1.29, 1.82) is 0 Å². The molecule has 15 heteroatoms. The Morgan fingerprint density at radius 2 is 1.51 bits per heavy atom. The Bertz CT molecular complexity index is 1410. The number of hydrogen-bond acceptors (Lipinski definition) is 8. The van der Waals surface area contributed by atoms with Crippen molar-refractivity contribution < 1.29 is 44.1 Å². The van der Waals surface area contributed by atoms with Crippen LogP contribution < -0.4 is 27.0 Å². The van der Waals surface area contributed by atoms with Crippen LogP contribution in [0.4, 0.5) is 4.79 Å². The summed E-state index contributed by atoms with van der Waals surface area (Å²) in [4.78, 5) is 77.0. The second-order valence-corrected chi connectivity index (χ2v) is 11.9. The van der Waals surface area contributed by atoms with Crippen LogP contribution in [0.1, 0.15) is 63.4 Å². The molecule has 15 nitrogen and oxygen atoms in total. The van der Waals surface area contributed by atoms with E-state index in [9.17, 15) is 39.0 Å². The number of pyridine rings is 1. The fourth-order valence-corrected chi connectivity index (χ4v) is 5.57. The number of hydrogen-bond donors (Lipinski definition) is 8. The molecular weight excluding hydrogens is 612 g/mol. The van der Waals surface area contributed by atoms with Gasteiger partial charge in [-0.3, -0.25) is 19.4 Å². The highest BCUT2D eigenvalue weighted by atomic mass is 16.4. The number of carboxylic acids is 3. The number of carboxylic acid groups (broad SMARTS) is 3. The molecule has 47 heavy (non-hydrogen) atoms. The van der Waals surface area contributed by atoms with Crippen LogP contribution in [-0.4, -0.2) is 87.3 Å². The van der Waals surface area contributed by atoms with E-state index in [0.717, 1.165) is 29.3 Å². The highest BCUT2D eigenvalue weighted by Crippen LogP contribution is 2.28. The van der Waals surface area contributed by atoms with E-state index in [1.165, 1.54) is 0 Å². The predicted octanol–water partition coefficient (Wildman–Crippen LogP) is 1.38. The van der Waals surface area contributed by atoms with E-state index in [1.54, 1.807) is 6.20 Å². The molecule has 256 valence electrons. The number of benzene rings is 1. The number of nitrogens with one attached hydrogen (secondary N) is 4. The first kappa shape index (κ1) is 36.7. The maximum atomic E-state index is 13.3. The zero-order valence-electron chi connectivity index (χ0n) is 26.2. The molecule has 0 aliphatic heterocycles. The number of nitrogens with two attached hydrogens (primary N) is 1. The van der Waals surface area contributed by atoms with Gasteiger partial charge in [0.05, 0.1) is 5.52 Å². The lowest BCUT2D eigenvalue weighted by Gasteiger charge is -2.28. The number of nitrogens with zero attached hydrogens (tertiary/aromatic N) is 1. The molecule has 1 aliphatic rings. The first-order valence-electron chi connectivity index (χ1n) is 15.8. The van der Waals surface area contributed by atoms with E-state index in [-0.39, 0.29) is 44.1 Å². The first-order chi connectivity index (χ1) is 22.5. The van der Waals surface area contributed by atoms with Crippen LogP contribution in [0.25, 0.3) is 10.9 Å². The van der Waals surface area contributed by atoms with Gasteiger partial charge in [-0.05, 0) is 81.5 Å². The molecule has 4 amide bonds. The molecule has 0 radical (unpaired) electrons. The second-order valence-electron chi connectivity index (χ2n) is 11.9. The number of aliphatic carboxylic acids is 3. The molecule has 1 fully saturated rings. The summed E-state index contributed by atoms with van der Waals surface area (Å²) in [6, 6.07) is 4.74. The monoisotopic (exact) mass is 656 g/mol. The van der Waals surface area contributed by atoms with Crippen LogP contribution in [0.3, 0.4) is 0 Å². The van der Waals surface area contributed by atoms with Gasteiger partial charge in [-0.15, -0.1) is 0 Å². The fourth-order valence-electron chi connectivity index (χ4n) is 5.57. The Morgan fingerprint density at radius 3 is 2.15 bits per heavy atom. The third kappa shape index (κ3) is 12.2. The molecule has 1 aliphatic carbocycles. The molecule has 1 saturated carbocycles. The molecule has 2 aromatic rings. The van der Waals surface area contributed by atoms with Gasteiger partial charge >= 0.3 is 23.9 Å². The molecule has 0 spiro atoms. The lowest BCUT2D eigenvalue weighted by molar-refractivity contribution is -0.141. The number of amides is 4. The van der Waals surface area contributed by atoms with Crippen LogP contribution in [0, 0.1) is 11.8 Å². The summed E-state index contributed by atoms with van der Waals surface area (Å²) in [5.41, 5.74) is 7.38. The van der Waals surface area contributed by atoms with Gasteiger partial charge in [-0.25, -0.2) is 14.4 Å². The average Bonchev–Trinajstić information content (AvgIpc) is 3.05. The van der Waals surface area contributed by atoms with Gasteiger partial charge in [0.25, 0.3) is 0 Å². The van der Waals surface area contributed by atoms with Gasteiger partial charge in [-0.2, -0.15) is 0 Å². The van der Waals surface area contributed by atoms with Gasteiger partial charge in [0.2, 0.25) is 11.8 Å². The Balaban J connectivity index is 1.54. The smallest absolute Gasteiger partial charge is 0.326 e. The summed E-state index contributed by atoms with van der Waals surface area (Å²) < 4.78 is 0. The van der Waals surface area contributed by atoms with Crippen molar-refractivity contribution in [2.24, 2.45) is 17.6 Å². The van der Waals surface area contributed by atoms with Crippen LogP contribution in [0.5, 0.6) is 0 Å². The minimum absolute atomic E-state index is 0.0140. The number of carbonyl (C=O) groups is 6. The Labute approximate surface area is 272 Å². The normalized spacial score (nSPS) is 17.9. The standard InChI is InChI=1S/C32H44N6O9/c33-17-19-8-10-21(11-9-19)28(41)36-26(16-20-15-22-5-1-2-6-23(22)35-18-20)29(42)34-14-4-3-7-24(30(43)44)37-32(47)38-25(31(45)46)12-13-27(39)40/h1-2,5-6,15,18-19,21,24-26H,3-4,7-14,16-17,33H2,(H,34,42)(H,36,41)(H,39,40)(H,43,44)(H,45,46)(H2,37,38,47)/t19?,21?,24-,25-,26-/m0/s1. The third-order valence-corrected chi connectivity index (χ3v) is 8.34. The van der Waals surface area contributed by atoms with E-state index in [0.29, 0.717) is 31.7 Å². The average molecular weight is 657 g/mol. The number of aromatic nitrogens is 1. The van der Waals surface area contributed by atoms with Gasteiger partial charge in [0.15, 0.2) is 0 Å². The minimum Gasteiger partial charge on any atom is -0.481 e. The molecule has 1 aromatic carbocycles. The van der Waals surface area contributed by atoms with Gasteiger partial charge in [0, 0.05) is 36.9 Å². The Kier molecular flexibility index (Phi) is 14.3. The molecule has 9 N–H and O–H groups in total. The summed E-state index contributed by atoms with van der Waals surface area (Å²) in [5.74, 6) is -4.41. The number of unbranched alkanes of at least 4 members (excludes halogenated alkanes) is 1. The maximum Gasteiger partial charge on any atom is 0.326 e. The van der Waals surface area contributed by atoms with Crippen molar-refractivity contribution >= 4 is 46.7 Å². The number of fused-ring (bicyclic) bond motifs is 1. The lowest BCUT2D eigenvalue weighted by atomic mass is 9.81. The molecule has 0 unspecified atom stereocenters. The third-order valence-electron chi connectivity index (χ3n) is 8.34. The minimum atomic E-state index is -1.50. The summed E-state index contributed by atoms with van der Waals surface area (Å²) in [7, 11) is 0.